The molecule has 4 heteroatoms. The number of rotatable bonds is 1. The highest BCUT2D eigenvalue weighted by Crippen LogP contribution is 2.06. The molecule has 0 saturated heterocycles. The van der Waals surface area contributed by atoms with Crippen molar-refractivity contribution in [2.75, 3.05) is 0 Å². The maximum Gasteiger partial charge on any atom is 0.294 e. The normalized spacial score (nSPS) is 10.8. The maximum absolute atomic E-state index is 11.1. The molecule has 0 aliphatic rings. The predicted molar refractivity (Wildman–Crippen MR) is 46.1 cm³/mol. The van der Waals surface area contributed by atoms with E-state index >= 15 is 0 Å². The summed E-state index contributed by atoms with van der Waals surface area (Å²) in [6, 6.07) is 0. The largest absolute Gasteiger partial charge is 0.294 e. The average Bonchev–Trinajstić information content (AvgIpc) is 1.96. The summed E-state index contributed by atoms with van der Waals surface area (Å²) in [5.41, 5.74) is 0.221. The van der Waals surface area contributed by atoms with Crippen LogP contribution >= 0.6 is 0 Å². The van der Waals surface area contributed by atoms with E-state index in [4.69, 9.17) is 0 Å². The van der Waals surface area contributed by atoms with Crippen LogP contribution in [-0.2, 0) is 7.05 Å². The van der Waals surface area contributed by atoms with Gasteiger partial charge >= 0.3 is 0 Å². The van der Waals surface area contributed by atoms with Crippen LogP contribution in [0.5, 0.6) is 0 Å². The van der Waals surface area contributed by atoms with Gasteiger partial charge in [-0.25, -0.2) is 0 Å². The van der Waals surface area contributed by atoms with Gasteiger partial charge in [0.1, 0.15) is 11.5 Å². The Labute approximate surface area is 71.3 Å². The van der Waals surface area contributed by atoms with Gasteiger partial charge in [0.05, 0.1) is 0 Å². The molecule has 4 nitrogen and oxygen atoms in total. The standard InChI is InChI=1S/C8H13N3O/c1-5(2)7-9-8(12)6(3)10-11(7)4/h5H,1-4H3. The van der Waals surface area contributed by atoms with Gasteiger partial charge in [-0.05, 0) is 6.92 Å². The lowest BCUT2D eigenvalue weighted by Crippen LogP contribution is -2.22. The van der Waals surface area contributed by atoms with E-state index in [1.54, 1.807) is 18.7 Å². The van der Waals surface area contributed by atoms with Crippen molar-refractivity contribution in [2.24, 2.45) is 7.05 Å². The van der Waals surface area contributed by atoms with Crippen molar-refractivity contribution >= 4 is 0 Å². The van der Waals surface area contributed by atoms with Crippen LogP contribution in [0.4, 0.5) is 0 Å². The molecular weight excluding hydrogens is 154 g/mol. The summed E-state index contributed by atoms with van der Waals surface area (Å²) in [6.45, 7) is 5.64. The lowest BCUT2D eigenvalue weighted by atomic mass is 10.2. The molecule has 0 fully saturated rings. The van der Waals surface area contributed by atoms with Crippen LogP contribution in [0, 0.1) is 6.92 Å². The highest BCUT2D eigenvalue weighted by Gasteiger charge is 2.07. The van der Waals surface area contributed by atoms with Gasteiger partial charge in [0, 0.05) is 13.0 Å². The number of hydrogen-bond donors (Lipinski definition) is 0. The molecule has 0 saturated carbocycles. The zero-order chi connectivity index (χ0) is 9.30. The monoisotopic (exact) mass is 167 g/mol. The summed E-state index contributed by atoms with van der Waals surface area (Å²) in [4.78, 5) is 15.0. The zero-order valence-corrected chi connectivity index (χ0v) is 7.83. The van der Waals surface area contributed by atoms with Crippen LogP contribution < -0.4 is 5.56 Å². The summed E-state index contributed by atoms with van der Waals surface area (Å²) in [5.74, 6) is 0.960. The summed E-state index contributed by atoms with van der Waals surface area (Å²) in [5, 5.41) is 4.04. The van der Waals surface area contributed by atoms with E-state index in [9.17, 15) is 4.79 Å². The van der Waals surface area contributed by atoms with Crippen LogP contribution in [0.15, 0.2) is 4.79 Å². The molecule has 0 spiro atoms. The molecule has 0 amide bonds. The van der Waals surface area contributed by atoms with Gasteiger partial charge in [-0.3, -0.25) is 9.48 Å². The van der Waals surface area contributed by atoms with Crippen molar-refractivity contribution in [1.29, 1.82) is 0 Å². The number of aromatic nitrogens is 3. The van der Waals surface area contributed by atoms with Gasteiger partial charge in [0.25, 0.3) is 5.56 Å². The predicted octanol–water partition coefficient (Wildman–Crippen LogP) is 0.607. The third kappa shape index (κ3) is 1.52. The Morgan fingerprint density at radius 2 is 2.00 bits per heavy atom. The molecule has 0 unspecified atom stereocenters. The van der Waals surface area contributed by atoms with Crippen LogP contribution in [0.25, 0.3) is 0 Å². The first kappa shape index (κ1) is 8.90. The van der Waals surface area contributed by atoms with Gasteiger partial charge in [-0.2, -0.15) is 10.1 Å². The quantitative estimate of drug-likeness (QED) is 0.615. The second-order valence-electron chi connectivity index (χ2n) is 3.14. The zero-order valence-electron chi connectivity index (χ0n) is 7.83. The Morgan fingerprint density at radius 1 is 1.42 bits per heavy atom. The van der Waals surface area contributed by atoms with Crippen LogP contribution in [-0.4, -0.2) is 14.8 Å². The fourth-order valence-corrected chi connectivity index (χ4v) is 1.08. The van der Waals surface area contributed by atoms with E-state index < -0.39 is 0 Å². The third-order valence-corrected chi connectivity index (χ3v) is 1.67. The first-order valence-electron chi connectivity index (χ1n) is 3.94. The molecule has 0 aromatic carbocycles. The van der Waals surface area contributed by atoms with Crippen LogP contribution in [0.1, 0.15) is 31.3 Å². The molecule has 0 aliphatic heterocycles. The van der Waals surface area contributed by atoms with Crippen molar-refractivity contribution < 1.29 is 0 Å². The Kier molecular flexibility index (Phi) is 2.26. The Bertz CT molecular complexity index is 341. The van der Waals surface area contributed by atoms with E-state index in [0.717, 1.165) is 5.82 Å². The second-order valence-corrected chi connectivity index (χ2v) is 3.14. The van der Waals surface area contributed by atoms with Crippen molar-refractivity contribution in [3.63, 3.8) is 0 Å². The Hall–Kier alpha value is -1.19. The fourth-order valence-electron chi connectivity index (χ4n) is 1.08. The molecule has 0 bridgehead atoms. The number of nitrogens with zero attached hydrogens (tertiary/aromatic N) is 3. The minimum absolute atomic E-state index is 0.225. The summed E-state index contributed by atoms with van der Waals surface area (Å²) < 4.78 is 1.65. The summed E-state index contributed by atoms with van der Waals surface area (Å²) >= 11 is 0. The van der Waals surface area contributed by atoms with Crippen molar-refractivity contribution in [3.8, 4) is 0 Å². The van der Waals surface area contributed by atoms with Crippen molar-refractivity contribution in [3.05, 3.63) is 21.9 Å². The minimum Gasteiger partial charge on any atom is -0.265 e. The van der Waals surface area contributed by atoms with Gasteiger partial charge in [-0.15, -0.1) is 0 Å². The molecule has 0 N–H and O–H groups in total. The minimum atomic E-state index is -0.225. The van der Waals surface area contributed by atoms with Gasteiger partial charge in [0.15, 0.2) is 0 Å². The molecule has 0 atom stereocenters. The number of hydrogen-bond acceptors (Lipinski definition) is 3. The topological polar surface area (TPSA) is 47.8 Å². The fraction of sp³-hybridized carbons (Fsp3) is 0.625. The van der Waals surface area contributed by atoms with E-state index in [1.165, 1.54) is 0 Å². The maximum atomic E-state index is 11.1. The van der Waals surface area contributed by atoms with Crippen molar-refractivity contribution in [1.82, 2.24) is 14.8 Å². The van der Waals surface area contributed by atoms with Gasteiger partial charge in [0.2, 0.25) is 0 Å². The molecule has 1 aromatic rings. The summed E-state index contributed by atoms with van der Waals surface area (Å²) in [6.07, 6.45) is 0. The average molecular weight is 167 g/mol. The highest BCUT2D eigenvalue weighted by molar-refractivity contribution is 4.97. The van der Waals surface area contributed by atoms with Crippen LogP contribution in [0.2, 0.25) is 0 Å². The SMILES string of the molecule is Cc1nn(C)c(C(C)C)nc1=O. The molecular formula is C8H13N3O. The first-order chi connectivity index (χ1) is 5.52. The molecule has 1 heterocycles. The molecule has 12 heavy (non-hydrogen) atoms. The lowest BCUT2D eigenvalue weighted by Gasteiger charge is -2.08. The van der Waals surface area contributed by atoms with Gasteiger partial charge < -0.3 is 0 Å². The molecule has 66 valence electrons. The highest BCUT2D eigenvalue weighted by atomic mass is 16.1. The molecule has 1 rings (SSSR count). The van der Waals surface area contributed by atoms with Crippen LogP contribution in [0.3, 0.4) is 0 Å². The smallest absolute Gasteiger partial charge is 0.265 e. The lowest BCUT2D eigenvalue weighted by molar-refractivity contribution is 0.589. The third-order valence-electron chi connectivity index (χ3n) is 1.67. The molecule has 0 aliphatic carbocycles. The van der Waals surface area contributed by atoms with E-state index in [-0.39, 0.29) is 11.5 Å². The van der Waals surface area contributed by atoms with E-state index in [2.05, 4.69) is 10.1 Å². The number of aryl methyl sites for hydroxylation is 2. The van der Waals surface area contributed by atoms with E-state index in [1.807, 2.05) is 13.8 Å². The Balaban J connectivity index is 3.33. The van der Waals surface area contributed by atoms with Crippen molar-refractivity contribution in [2.45, 2.75) is 26.7 Å². The molecule has 1 aromatic heterocycles. The van der Waals surface area contributed by atoms with E-state index in [0.29, 0.717) is 5.69 Å². The Morgan fingerprint density at radius 3 is 2.50 bits per heavy atom. The summed E-state index contributed by atoms with van der Waals surface area (Å²) in [7, 11) is 1.80. The second kappa shape index (κ2) is 3.05. The first-order valence-corrected chi connectivity index (χ1v) is 3.94. The molecule has 0 radical (unpaired) electrons. The van der Waals surface area contributed by atoms with Gasteiger partial charge in [-0.1, -0.05) is 13.8 Å².